The van der Waals surface area contributed by atoms with Crippen LogP contribution in [0, 0.1) is 12.3 Å². The van der Waals surface area contributed by atoms with Crippen molar-refractivity contribution in [2.45, 2.75) is 40.0 Å². The second kappa shape index (κ2) is 8.12. The second-order valence-electron chi connectivity index (χ2n) is 9.28. The van der Waals surface area contributed by atoms with Crippen molar-refractivity contribution in [3.05, 3.63) is 64.9 Å². The first-order valence-electron chi connectivity index (χ1n) is 11.0. The van der Waals surface area contributed by atoms with E-state index in [2.05, 4.69) is 30.3 Å². The highest BCUT2D eigenvalue weighted by Crippen LogP contribution is 2.38. The van der Waals surface area contributed by atoms with E-state index in [1.54, 1.807) is 23.0 Å². The van der Waals surface area contributed by atoms with Crippen LogP contribution >= 0.6 is 11.3 Å². The average Bonchev–Trinajstić information content (AvgIpc) is 3.41. The minimum atomic E-state index is -0.246. The van der Waals surface area contributed by atoms with E-state index in [4.69, 9.17) is 15.7 Å². The summed E-state index contributed by atoms with van der Waals surface area (Å²) in [5.74, 6) is 0.841. The van der Waals surface area contributed by atoms with Crippen LogP contribution in [-0.2, 0) is 0 Å². The number of aryl methyl sites for hydroxylation is 1. The van der Waals surface area contributed by atoms with Gasteiger partial charge in [-0.3, -0.25) is 4.79 Å². The van der Waals surface area contributed by atoms with Crippen molar-refractivity contribution in [3.8, 4) is 5.69 Å². The molecule has 8 heteroatoms. The molecule has 5 rings (SSSR count). The number of thiophene rings is 1. The average molecular weight is 459 g/mol. The number of nitrogens with two attached hydrogens (primary N) is 1. The molecule has 3 heterocycles. The highest BCUT2D eigenvalue weighted by atomic mass is 32.1. The van der Waals surface area contributed by atoms with Gasteiger partial charge in [-0.15, -0.1) is 11.3 Å². The van der Waals surface area contributed by atoms with Crippen LogP contribution in [0.2, 0.25) is 0 Å². The Bertz CT molecular complexity index is 1380. The van der Waals surface area contributed by atoms with Gasteiger partial charge in [-0.1, -0.05) is 37.6 Å². The second-order valence-corrected chi connectivity index (χ2v) is 10.4. The molecule has 0 spiro atoms. The lowest BCUT2D eigenvalue weighted by atomic mass is 9.78. The van der Waals surface area contributed by atoms with Gasteiger partial charge in [0.1, 0.15) is 5.82 Å². The summed E-state index contributed by atoms with van der Waals surface area (Å²) in [7, 11) is 0. The first-order valence-corrected chi connectivity index (χ1v) is 11.8. The summed E-state index contributed by atoms with van der Waals surface area (Å²) in [6.45, 7) is 6.59. The maximum atomic E-state index is 12.9. The van der Waals surface area contributed by atoms with Crippen molar-refractivity contribution >= 4 is 44.7 Å². The summed E-state index contributed by atoms with van der Waals surface area (Å²) in [6, 6.07) is 11.6. The Morgan fingerprint density at radius 2 is 1.94 bits per heavy atom. The number of carbonyl (C=O) groups excluding carboxylic acids is 1. The van der Waals surface area contributed by atoms with E-state index in [0.717, 1.165) is 30.5 Å². The quantitative estimate of drug-likeness (QED) is 0.414. The predicted molar refractivity (Wildman–Crippen MR) is 134 cm³/mol. The summed E-state index contributed by atoms with van der Waals surface area (Å²) in [5, 5.41) is 8.83. The number of hydrogen-bond acceptors (Lipinski definition) is 6. The van der Waals surface area contributed by atoms with Crippen LogP contribution in [0.3, 0.4) is 0 Å². The van der Waals surface area contributed by atoms with Gasteiger partial charge in [0.25, 0.3) is 5.91 Å². The van der Waals surface area contributed by atoms with Gasteiger partial charge in [-0.05, 0) is 61.4 Å². The Labute approximate surface area is 196 Å². The Hall–Kier alpha value is -3.52. The van der Waals surface area contributed by atoms with Gasteiger partial charge >= 0.3 is 0 Å². The number of allylic oxidation sites excluding steroid dienone is 2. The molecule has 1 aromatic carbocycles. The SMILES string of the molecule is Cc1ccc(-n2ncc3c(NC(=O)c4ccc(N)s4)nc(C4=CCC(C)(C)CC4)nc32)cc1. The smallest absolute Gasteiger partial charge is 0.266 e. The summed E-state index contributed by atoms with van der Waals surface area (Å²) >= 11 is 1.25. The molecule has 0 saturated heterocycles. The summed E-state index contributed by atoms with van der Waals surface area (Å²) in [6.07, 6.45) is 6.86. The highest BCUT2D eigenvalue weighted by molar-refractivity contribution is 7.17. The van der Waals surface area contributed by atoms with Crippen LogP contribution in [0.15, 0.2) is 48.7 Å². The van der Waals surface area contributed by atoms with E-state index in [-0.39, 0.29) is 11.3 Å². The molecule has 0 saturated carbocycles. The van der Waals surface area contributed by atoms with Crippen LogP contribution in [0.4, 0.5) is 10.8 Å². The number of hydrogen-bond donors (Lipinski definition) is 2. The molecule has 33 heavy (non-hydrogen) atoms. The zero-order valence-electron chi connectivity index (χ0n) is 18.9. The van der Waals surface area contributed by atoms with Gasteiger partial charge < -0.3 is 11.1 Å². The van der Waals surface area contributed by atoms with E-state index >= 15 is 0 Å². The zero-order chi connectivity index (χ0) is 23.2. The zero-order valence-corrected chi connectivity index (χ0v) is 19.7. The molecular formula is C25H26N6OS. The molecule has 0 aliphatic heterocycles. The summed E-state index contributed by atoms with van der Waals surface area (Å²) in [4.78, 5) is 23.1. The Balaban J connectivity index is 1.62. The molecule has 0 radical (unpaired) electrons. The number of rotatable bonds is 4. The van der Waals surface area contributed by atoms with E-state index in [1.165, 1.54) is 16.9 Å². The minimum absolute atomic E-state index is 0.246. The van der Waals surface area contributed by atoms with Gasteiger partial charge in [-0.25, -0.2) is 14.6 Å². The number of amides is 1. The molecular weight excluding hydrogens is 432 g/mol. The molecule has 3 aromatic heterocycles. The minimum Gasteiger partial charge on any atom is -0.391 e. The van der Waals surface area contributed by atoms with Gasteiger partial charge in [0.2, 0.25) is 0 Å². The number of nitrogen functional groups attached to an aromatic ring is 1. The molecule has 168 valence electrons. The molecule has 7 nitrogen and oxygen atoms in total. The number of fused-ring (bicyclic) bond motifs is 1. The number of benzene rings is 1. The lowest BCUT2D eigenvalue weighted by Crippen LogP contribution is -2.16. The van der Waals surface area contributed by atoms with Crippen LogP contribution in [0.5, 0.6) is 0 Å². The van der Waals surface area contributed by atoms with Crippen LogP contribution < -0.4 is 11.1 Å². The van der Waals surface area contributed by atoms with E-state index in [1.807, 2.05) is 31.2 Å². The number of anilines is 2. The first kappa shape index (κ1) is 21.3. The summed E-state index contributed by atoms with van der Waals surface area (Å²) < 4.78 is 1.80. The van der Waals surface area contributed by atoms with Crippen molar-refractivity contribution < 1.29 is 4.79 Å². The van der Waals surface area contributed by atoms with Crippen molar-refractivity contribution in [1.29, 1.82) is 0 Å². The molecule has 1 aliphatic carbocycles. The van der Waals surface area contributed by atoms with E-state index < -0.39 is 0 Å². The molecule has 0 fully saturated rings. The van der Waals surface area contributed by atoms with Crippen molar-refractivity contribution in [2.24, 2.45) is 5.41 Å². The van der Waals surface area contributed by atoms with Crippen LogP contribution in [0.1, 0.15) is 54.2 Å². The Morgan fingerprint density at radius 3 is 2.61 bits per heavy atom. The first-order chi connectivity index (χ1) is 15.8. The summed E-state index contributed by atoms with van der Waals surface area (Å²) in [5.41, 5.74) is 9.92. The lowest BCUT2D eigenvalue weighted by Gasteiger charge is -2.28. The Kier molecular flexibility index (Phi) is 5.25. The molecule has 4 aromatic rings. The van der Waals surface area contributed by atoms with Gasteiger partial charge in [0, 0.05) is 0 Å². The van der Waals surface area contributed by atoms with Crippen molar-refractivity contribution in [2.75, 3.05) is 11.1 Å². The van der Waals surface area contributed by atoms with Gasteiger partial charge in [-0.2, -0.15) is 5.10 Å². The molecule has 0 atom stereocenters. The number of nitrogens with zero attached hydrogens (tertiary/aromatic N) is 4. The topological polar surface area (TPSA) is 98.7 Å². The number of aromatic nitrogens is 4. The third-order valence-corrected chi connectivity index (χ3v) is 6.96. The molecule has 1 aliphatic rings. The fourth-order valence-corrected chi connectivity index (χ4v) is 4.62. The maximum Gasteiger partial charge on any atom is 0.266 e. The van der Waals surface area contributed by atoms with Crippen molar-refractivity contribution in [1.82, 2.24) is 19.7 Å². The molecule has 0 bridgehead atoms. The number of nitrogens with one attached hydrogen (secondary N) is 1. The van der Waals surface area contributed by atoms with Gasteiger partial charge in [0.05, 0.1) is 27.1 Å². The monoisotopic (exact) mass is 458 g/mol. The Morgan fingerprint density at radius 1 is 1.15 bits per heavy atom. The van der Waals surface area contributed by atoms with Gasteiger partial charge in [0.15, 0.2) is 11.5 Å². The van der Waals surface area contributed by atoms with Crippen molar-refractivity contribution in [3.63, 3.8) is 0 Å². The van der Waals surface area contributed by atoms with Crippen LogP contribution in [-0.4, -0.2) is 25.7 Å². The standard InChI is InChI=1S/C25H26N6OS/c1-15-4-6-17(7-5-15)31-23-18(14-27-31)22(30-24(32)19-8-9-20(26)33-19)28-21(29-23)16-10-12-25(2,3)13-11-16/h4-10,14H,11-13,26H2,1-3H3,(H,28,29,30,32). The fourth-order valence-electron chi connectivity index (χ4n) is 3.95. The number of carbonyl (C=O) groups is 1. The van der Waals surface area contributed by atoms with E-state index in [9.17, 15) is 4.79 Å². The third-order valence-electron chi connectivity index (χ3n) is 6.05. The third kappa shape index (κ3) is 4.26. The highest BCUT2D eigenvalue weighted by Gasteiger charge is 2.25. The lowest BCUT2D eigenvalue weighted by molar-refractivity contribution is 0.103. The molecule has 3 N–H and O–H groups in total. The normalized spacial score (nSPS) is 15.4. The molecule has 1 amide bonds. The van der Waals surface area contributed by atoms with E-state index in [0.29, 0.717) is 32.6 Å². The largest absolute Gasteiger partial charge is 0.391 e. The maximum absolute atomic E-state index is 12.9. The fraction of sp³-hybridized carbons (Fsp3) is 0.280. The predicted octanol–water partition coefficient (Wildman–Crippen LogP) is 5.61. The van der Waals surface area contributed by atoms with Crippen LogP contribution in [0.25, 0.3) is 22.3 Å². The molecule has 0 unspecified atom stereocenters.